The summed E-state index contributed by atoms with van der Waals surface area (Å²) in [4.78, 5) is 0. The molecule has 0 amide bonds. The highest BCUT2D eigenvalue weighted by atomic mass is 16.6. The van der Waals surface area contributed by atoms with E-state index in [0.717, 1.165) is 17.1 Å². The first kappa shape index (κ1) is 14.0. The molecule has 0 aliphatic carbocycles. The molecule has 0 aromatic heterocycles. The van der Waals surface area contributed by atoms with Crippen molar-refractivity contribution in [3.05, 3.63) is 59.7 Å². The van der Waals surface area contributed by atoms with E-state index in [-0.39, 0.29) is 12.1 Å². The molecule has 21 heavy (non-hydrogen) atoms. The predicted octanol–water partition coefficient (Wildman–Crippen LogP) is 3.65. The molecule has 1 aliphatic heterocycles. The van der Waals surface area contributed by atoms with Gasteiger partial charge in [0.15, 0.2) is 17.6 Å². The van der Waals surface area contributed by atoms with Crippen molar-refractivity contribution < 1.29 is 9.47 Å². The third-order valence-electron chi connectivity index (χ3n) is 3.92. The third-order valence-corrected chi connectivity index (χ3v) is 3.92. The van der Waals surface area contributed by atoms with Gasteiger partial charge in [-0.05, 0) is 29.2 Å². The van der Waals surface area contributed by atoms with Crippen molar-refractivity contribution in [2.24, 2.45) is 5.73 Å². The Morgan fingerprint density at radius 3 is 2.24 bits per heavy atom. The molecular formula is C18H21NO2. The number of nitrogens with two attached hydrogens (primary N) is 1. The van der Waals surface area contributed by atoms with Crippen molar-refractivity contribution in [1.82, 2.24) is 0 Å². The smallest absolute Gasteiger partial charge is 0.161 e. The Morgan fingerprint density at radius 1 is 0.952 bits per heavy atom. The highest BCUT2D eigenvalue weighted by Gasteiger charge is 2.27. The lowest BCUT2D eigenvalue weighted by Gasteiger charge is -2.30. The van der Waals surface area contributed by atoms with Crippen LogP contribution in [0.25, 0.3) is 0 Å². The first-order chi connectivity index (χ1) is 10.1. The Morgan fingerprint density at radius 2 is 1.57 bits per heavy atom. The van der Waals surface area contributed by atoms with Crippen LogP contribution in [0.1, 0.15) is 36.9 Å². The molecular weight excluding hydrogens is 262 g/mol. The van der Waals surface area contributed by atoms with Crippen LogP contribution in [0, 0.1) is 0 Å². The second-order valence-corrected chi connectivity index (χ2v) is 5.76. The second kappa shape index (κ2) is 5.78. The Balaban J connectivity index is 1.75. The van der Waals surface area contributed by atoms with Crippen LogP contribution in [0.4, 0.5) is 0 Å². The van der Waals surface area contributed by atoms with Crippen molar-refractivity contribution in [2.45, 2.75) is 31.9 Å². The minimum Gasteiger partial charge on any atom is -0.486 e. The van der Waals surface area contributed by atoms with Gasteiger partial charge in [-0.25, -0.2) is 0 Å². The summed E-state index contributed by atoms with van der Waals surface area (Å²) in [6.45, 7) is 4.85. The van der Waals surface area contributed by atoms with E-state index in [4.69, 9.17) is 15.2 Å². The standard InChI is InChI=1S/C18H21NO2/c1-12(2)13-7-9-14(10-8-13)18(19)17-11-20-15-5-3-4-6-16(15)21-17/h3-10,12,17-18H,11,19H2,1-2H3. The molecule has 2 aromatic rings. The van der Waals surface area contributed by atoms with E-state index in [0.29, 0.717) is 12.5 Å². The topological polar surface area (TPSA) is 44.5 Å². The Hall–Kier alpha value is -2.00. The number of benzene rings is 2. The monoisotopic (exact) mass is 283 g/mol. The van der Waals surface area contributed by atoms with Crippen LogP contribution in [0.2, 0.25) is 0 Å². The van der Waals surface area contributed by atoms with Gasteiger partial charge in [-0.15, -0.1) is 0 Å². The third kappa shape index (κ3) is 2.88. The van der Waals surface area contributed by atoms with Crippen LogP contribution in [0.3, 0.4) is 0 Å². The molecule has 0 saturated heterocycles. The van der Waals surface area contributed by atoms with Crippen molar-refractivity contribution >= 4 is 0 Å². The van der Waals surface area contributed by atoms with Gasteiger partial charge in [-0.1, -0.05) is 50.2 Å². The zero-order chi connectivity index (χ0) is 14.8. The lowest BCUT2D eigenvalue weighted by atomic mass is 9.97. The van der Waals surface area contributed by atoms with Crippen molar-refractivity contribution in [3.63, 3.8) is 0 Å². The summed E-state index contributed by atoms with van der Waals surface area (Å²) in [6.07, 6.45) is -0.162. The lowest BCUT2D eigenvalue weighted by molar-refractivity contribution is 0.0721. The molecule has 1 heterocycles. The zero-order valence-electron chi connectivity index (χ0n) is 12.5. The summed E-state index contributed by atoms with van der Waals surface area (Å²) < 4.78 is 11.7. The maximum Gasteiger partial charge on any atom is 0.161 e. The molecule has 2 N–H and O–H groups in total. The summed E-state index contributed by atoms with van der Waals surface area (Å²) in [7, 11) is 0. The molecule has 3 nitrogen and oxygen atoms in total. The largest absolute Gasteiger partial charge is 0.486 e. The van der Waals surface area contributed by atoms with E-state index in [1.54, 1.807) is 0 Å². The van der Waals surface area contributed by atoms with Gasteiger partial charge in [-0.2, -0.15) is 0 Å². The van der Waals surface area contributed by atoms with Gasteiger partial charge in [0.1, 0.15) is 6.61 Å². The number of fused-ring (bicyclic) bond motifs is 1. The zero-order valence-corrected chi connectivity index (χ0v) is 12.5. The first-order valence-corrected chi connectivity index (χ1v) is 7.39. The average molecular weight is 283 g/mol. The minimum absolute atomic E-state index is 0.162. The fourth-order valence-electron chi connectivity index (χ4n) is 2.53. The van der Waals surface area contributed by atoms with Gasteiger partial charge < -0.3 is 15.2 Å². The van der Waals surface area contributed by atoms with Crippen LogP contribution in [-0.4, -0.2) is 12.7 Å². The van der Waals surface area contributed by atoms with Gasteiger partial charge in [-0.3, -0.25) is 0 Å². The maximum atomic E-state index is 6.35. The number of rotatable bonds is 3. The van der Waals surface area contributed by atoms with E-state index in [1.165, 1.54) is 5.56 Å². The summed E-state index contributed by atoms with van der Waals surface area (Å²) in [5.41, 5.74) is 8.74. The summed E-state index contributed by atoms with van der Waals surface area (Å²) in [6, 6.07) is 16.0. The fraction of sp³-hybridized carbons (Fsp3) is 0.333. The lowest BCUT2D eigenvalue weighted by Crippen LogP contribution is -2.38. The highest BCUT2D eigenvalue weighted by molar-refractivity contribution is 5.41. The van der Waals surface area contributed by atoms with E-state index >= 15 is 0 Å². The molecule has 0 spiro atoms. The summed E-state index contributed by atoms with van der Waals surface area (Å²) in [5.74, 6) is 2.08. The van der Waals surface area contributed by atoms with Crippen LogP contribution < -0.4 is 15.2 Å². The predicted molar refractivity (Wildman–Crippen MR) is 83.8 cm³/mol. The molecule has 0 radical (unpaired) electrons. The quantitative estimate of drug-likeness (QED) is 0.935. The normalized spacial score (nSPS) is 18.6. The molecule has 2 atom stereocenters. The Kier molecular flexibility index (Phi) is 3.84. The number of ether oxygens (including phenoxy) is 2. The molecule has 1 aliphatic rings. The van der Waals surface area contributed by atoms with Gasteiger partial charge in [0, 0.05) is 0 Å². The Bertz CT molecular complexity index is 607. The van der Waals surface area contributed by atoms with E-state index in [1.807, 2.05) is 24.3 Å². The fourth-order valence-corrected chi connectivity index (χ4v) is 2.53. The SMILES string of the molecule is CC(C)c1ccc(C(N)C2COc3ccccc3O2)cc1. The molecule has 2 unspecified atom stereocenters. The van der Waals surface area contributed by atoms with Gasteiger partial charge >= 0.3 is 0 Å². The van der Waals surface area contributed by atoms with Gasteiger partial charge in [0.05, 0.1) is 6.04 Å². The average Bonchev–Trinajstić information content (AvgIpc) is 2.54. The van der Waals surface area contributed by atoms with Gasteiger partial charge in [0.2, 0.25) is 0 Å². The van der Waals surface area contributed by atoms with Crippen LogP contribution in [0.15, 0.2) is 48.5 Å². The minimum atomic E-state index is -0.195. The van der Waals surface area contributed by atoms with Crippen LogP contribution in [-0.2, 0) is 0 Å². The molecule has 3 rings (SSSR count). The second-order valence-electron chi connectivity index (χ2n) is 5.76. The first-order valence-electron chi connectivity index (χ1n) is 7.39. The number of hydrogen-bond donors (Lipinski definition) is 1. The van der Waals surface area contributed by atoms with Crippen molar-refractivity contribution in [1.29, 1.82) is 0 Å². The number of para-hydroxylation sites is 2. The van der Waals surface area contributed by atoms with Crippen LogP contribution >= 0.6 is 0 Å². The summed E-state index contributed by atoms with van der Waals surface area (Å²) >= 11 is 0. The molecule has 110 valence electrons. The summed E-state index contributed by atoms with van der Waals surface area (Å²) in [5, 5.41) is 0. The molecule has 3 heteroatoms. The molecule has 0 bridgehead atoms. The van der Waals surface area contributed by atoms with E-state index in [9.17, 15) is 0 Å². The molecule has 2 aromatic carbocycles. The maximum absolute atomic E-state index is 6.35. The van der Waals surface area contributed by atoms with Gasteiger partial charge in [0.25, 0.3) is 0 Å². The number of hydrogen-bond acceptors (Lipinski definition) is 3. The van der Waals surface area contributed by atoms with E-state index in [2.05, 4.69) is 38.1 Å². The molecule has 0 fully saturated rings. The van der Waals surface area contributed by atoms with Crippen LogP contribution in [0.5, 0.6) is 11.5 Å². The highest BCUT2D eigenvalue weighted by Crippen LogP contribution is 2.33. The van der Waals surface area contributed by atoms with Crippen molar-refractivity contribution in [3.8, 4) is 11.5 Å². The van der Waals surface area contributed by atoms with Crippen molar-refractivity contribution in [2.75, 3.05) is 6.61 Å². The van der Waals surface area contributed by atoms with E-state index < -0.39 is 0 Å². The molecule has 0 saturated carbocycles. The Labute approximate surface area is 125 Å².